The summed E-state index contributed by atoms with van der Waals surface area (Å²) >= 11 is 1.74. The number of hydrogen-bond acceptors (Lipinski definition) is 3. The summed E-state index contributed by atoms with van der Waals surface area (Å²) in [5.74, 6) is 2.74. The number of carbonyl (C=O) groups is 1. The van der Waals surface area contributed by atoms with E-state index in [-0.39, 0.29) is 5.91 Å². The Balaban J connectivity index is 1.36. The van der Waals surface area contributed by atoms with E-state index in [2.05, 4.69) is 40.6 Å². The van der Waals surface area contributed by atoms with Crippen LogP contribution in [-0.4, -0.2) is 33.4 Å². The number of rotatable bonds is 3. The monoisotopic (exact) mass is 357 g/mol. The number of carbonyl (C=O) groups excluding carboxylic acids is 1. The number of imidazole rings is 1. The molecular weight excluding hydrogens is 330 g/mol. The number of aryl methyl sites for hydroxylation is 2. The van der Waals surface area contributed by atoms with Gasteiger partial charge in [0.15, 0.2) is 0 Å². The minimum absolute atomic E-state index is 0.254. The summed E-state index contributed by atoms with van der Waals surface area (Å²) < 4.78 is 2.23. The van der Waals surface area contributed by atoms with Gasteiger partial charge in [0.2, 0.25) is 0 Å². The summed E-state index contributed by atoms with van der Waals surface area (Å²) in [6.45, 7) is 7.17. The average Bonchev–Trinajstić information content (AvgIpc) is 3.21. The van der Waals surface area contributed by atoms with Crippen LogP contribution in [0.25, 0.3) is 0 Å². The van der Waals surface area contributed by atoms with Crippen LogP contribution in [0.1, 0.15) is 52.1 Å². The second kappa shape index (κ2) is 6.94. The Labute approximate surface area is 153 Å². The zero-order chi connectivity index (χ0) is 17.4. The van der Waals surface area contributed by atoms with E-state index in [1.54, 1.807) is 11.3 Å². The van der Waals surface area contributed by atoms with Crippen LogP contribution in [0.3, 0.4) is 0 Å². The molecule has 1 saturated heterocycles. The molecule has 1 amide bonds. The summed E-state index contributed by atoms with van der Waals surface area (Å²) in [5.41, 5.74) is 1.43. The Kier molecular flexibility index (Phi) is 4.67. The molecule has 1 aliphatic carbocycles. The second-order valence-electron chi connectivity index (χ2n) is 7.77. The van der Waals surface area contributed by atoms with Gasteiger partial charge in [-0.1, -0.05) is 6.92 Å². The van der Waals surface area contributed by atoms with Crippen molar-refractivity contribution >= 4 is 17.2 Å². The Hall–Kier alpha value is -1.62. The highest BCUT2D eigenvalue weighted by Crippen LogP contribution is 2.33. The van der Waals surface area contributed by atoms with Crippen molar-refractivity contribution in [1.29, 1.82) is 0 Å². The molecule has 2 aromatic rings. The highest BCUT2D eigenvalue weighted by molar-refractivity contribution is 7.14. The van der Waals surface area contributed by atoms with Crippen molar-refractivity contribution in [1.82, 2.24) is 14.5 Å². The second-order valence-corrected chi connectivity index (χ2v) is 8.91. The molecular formula is C20H27N3OS. The van der Waals surface area contributed by atoms with E-state index in [1.807, 2.05) is 6.20 Å². The van der Waals surface area contributed by atoms with Crippen LogP contribution < -0.4 is 0 Å². The van der Waals surface area contributed by atoms with Crippen LogP contribution in [0.5, 0.6) is 0 Å². The maximum Gasteiger partial charge on any atom is 0.263 e. The maximum atomic E-state index is 12.9. The van der Waals surface area contributed by atoms with Crippen molar-refractivity contribution in [3.63, 3.8) is 0 Å². The number of amides is 1. The smallest absolute Gasteiger partial charge is 0.263 e. The quantitative estimate of drug-likeness (QED) is 0.835. The number of hydrogen-bond donors (Lipinski definition) is 0. The SMILES string of the molecule is Cc1nccn1CC1CCN(C(=O)c2cc3c(s2)CC[C@H](C)C3)CC1. The van der Waals surface area contributed by atoms with Gasteiger partial charge in [0.25, 0.3) is 5.91 Å². The Bertz CT molecular complexity index is 755. The predicted octanol–water partition coefficient (Wildman–Crippen LogP) is 3.93. The summed E-state index contributed by atoms with van der Waals surface area (Å²) in [4.78, 5) is 21.7. The van der Waals surface area contributed by atoms with E-state index in [0.29, 0.717) is 5.92 Å². The minimum Gasteiger partial charge on any atom is -0.338 e. The number of likely N-dealkylation sites (tertiary alicyclic amines) is 1. The van der Waals surface area contributed by atoms with Crippen LogP contribution in [0.4, 0.5) is 0 Å². The minimum atomic E-state index is 0.254. The maximum absolute atomic E-state index is 12.9. The van der Waals surface area contributed by atoms with Crippen molar-refractivity contribution in [2.45, 2.75) is 52.5 Å². The molecule has 0 radical (unpaired) electrons. The van der Waals surface area contributed by atoms with Crippen LogP contribution in [0.15, 0.2) is 18.5 Å². The first-order valence-electron chi connectivity index (χ1n) is 9.48. The summed E-state index contributed by atoms with van der Waals surface area (Å²) in [7, 11) is 0. The zero-order valence-corrected chi connectivity index (χ0v) is 16.0. The molecule has 4 rings (SSSR count). The van der Waals surface area contributed by atoms with Crippen molar-refractivity contribution in [3.05, 3.63) is 39.6 Å². The summed E-state index contributed by atoms with van der Waals surface area (Å²) in [6, 6.07) is 2.18. The first-order chi connectivity index (χ1) is 12.1. The fourth-order valence-corrected chi connectivity index (χ4v) is 5.34. The summed E-state index contributed by atoms with van der Waals surface area (Å²) in [6.07, 6.45) is 9.67. The molecule has 5 heteroatoms. The molecule has 1 fully saturated rings. The lowest BCUT2D eigenvalue weighted by Crippen LogP contribution is -2.39. The summed E-state index contributed by atoms with van der Waals surface area (Å²) in [5, 5.41) is 0. The van der Waals surface area contributed by atoms with Gasteiger partial charge in [-0.15, -0.1) is 11.3 Å². The molecule has 4 nitrogen and oxygen atoms in total. The molecule has 0 saturated carbocycles. The Morgan fingerprint density at radius 1 is 1.32 bits per heavy atom. The Morgan fingerprint density at radius 2 is 2.12 bits per heavy atom. The lowest BCUT2D eigenvalue weighted by molar-refractivity contribution is 0.0687. The fourth-order valence-electron chi connectivity index (χ4n) is 4.16. The number of nitrogens with zero attached hydrogens (tertiary/aromatic N) is 3. The number of fused-ring (bicyclic) bond motifs is 1. The van der Waals surface area contributed by atoms with Gasteiger partial charge in [-0.3, -0.25) is 4.79 Å². The molecule has 0 aromatic carbocycles. The first-order valence-corrected chi connectivity index (χ1v) is 10.3. The lowest BCUT2D eigenvalue weighted by atomic mass is 9.90. The van der Waals surface area contributed by atoms with Gasteiger partial charge in [-0.05, 0) is 62.5 Å². The molecule has 0 bridgehead atoms. The highest BCUT2D eigenvalue weighted by Gasteiger charge is 2.27. The normalized spacial score (nSPS) is 21.4. The largest absolute Gasteiger partial charge is 0.338 e. The van der Waals surface area contributed by atoms with Gasteiger partial charge in [-0.25, -0.2) is 4.98 Å². The molecule has 1 aliphatic heterocycles. The van der Waals surface area contributed by atoms with Crippen LogP contribution in [-0.2, 0) is 19.4 Å². The Morgan fingerprint density at radius 3 is 2.84 bits per heavy atom. The van der Waals surface area contributed by atoms with Gasteiger partial charge in [-0.2, -0.15) is 0 Å². The van der Waals surface area contributed by atoms with E-state index in [9.17, 15) is 4.79 Å². The molecule has 3 heterocycles. The number of piperidine rings is 1. The standard InChI is InChI=1S/C20H27N3OS/c1-14-3-4-18-17(11-14)12-19(25-18)20(24)22-8-5-16(6-9-22)13-23-10-7-21-15(23)2/h7,10,12,14,16H,3-6,8-9,11,13H2,1-2H3/t14-/m0/s1. The third kappa shape index (κ3) is 3.52. The zero-order valence-electron chi connectivity index (χ0n) is 15.2. The van der Waals surface area contributed by atoms with Gasteiger partial charge in [0, 0.05) is 36.9 Å². The molecule has 134 valence electrons. The van der Waals surface area contributed by atoms with E-state index >= 15 is 0 Å². The van der Waals surface area contributed by atoms with Crippen LogP contribution >= 0.6 is 11.3 Å². The molecule has 0 unspecified atom stereocenters. The van der Waals surface area contributed by atoms with Gasteiger partial charge in [0.1, 0.15) is 5.82 Å². The van der Waals surface area contributed by atoms with Gasteiger partial charge >= 0.3 is 0 Å². The van der Waals surface area contributed by atoms with Crippen molar-refractivity contribution in [2.24, 2.45) is 11.8 Å². The molecule has 25 heavy (non-hydrogen) atoms. The predicted molar refractivity (Wildman–Crippen MR) is 101 cm³/mol. The molecule has 2 aromatic heterocycles. The van der Waals surface area contributed by atoms with Gasteiger partial charge in [0.05, 0.1) is 4.88 Å². The van der Waals surface area contributed by atoms with E-state index in [1.165, 1.54) is 16.9 Å². The van der Waals surface area contributed by atoms with E-state index in [4.69, 9.17) is 0 Å². The van der Waals surface area contributed by atoms with Gasteiger partial charge < -0.3 is 9.47 Å². The lowest BCUT2D eigenvalue weighted by Gasteiger charge is -2.32. The topological polar surface area (TPSA) is 38.1 Å². The fraction of sp³-hybridized carbons (Fsp3) is 0.600. The first kappa shape index (κ1) is 16.8. The molecule has 1 atom stereocenters. The third-order valence-electron chi connectivity index (χ3n) is 5.82. The average molecular weight is 358 g/mol. The van der Waals surface area contributed by atoms with Crippen molar-refractivity contribution in [2.75, 3.05) is 13.1 Å². The van der Waals surface area contributed by atoms with Crippen molar-refractivity contribution in [3.8, 4) is 0 Å². The molecule has 0 spiro atoms. The van der Waals surface area contributed by atoms with Crippen LogP contribution in [0, 0.1) is 18.8 Å². The highest BCUT2D eigenvalue weighted by atomic mass is 32.1. The van der Waals surface area contributed by atoms with E-state index < -0.39 is 0 Å². The third-order valence-corrected chi connectivity index (χ3v) is 7.05. The van der Waals surface area contributed by atoms with E-state index in [0.717, 1.165) is 61.9 Å². The van der Waals surface area contributed by atoms with Crippen molar-refractivity contribution < 1.29 is 4.79 Å². The molecule has 2 aliphatic rings. The molecule has 0 N–H and O–H groups in total. The number of thiophene rings is 1. The number of aromatic nitrogens is 2. The van der Waals surface area contributed by atoms with Crippen LogP contribution in [0.2, 0.25) is 0 Å².